The van der Waals surface area contributed by atoms with Crippen molar-refractivity contribution >= 4 is 0 Å². The first-order valence-electron chi connectivity index (χ1n) is 6.16. The fourth-order valence-electron chi connectivity index (χ4n) is 1.91. The summed E-state index contributed by atoms with van der Waals surface area (Å²) in [5, 5.41) is 0. The molecule has 0 amide bonds. The van der Waals surface area contributed by atoms with E-state index in [1.807, 2.05) is 0 Å². The van der Waals surface area contributed by atoms with Gasteiger partial charge in [-0.15, -0.1) is 0 Å². The van der Waals surface area contributed by atoms with Gasteiger partial charge in [0.15, 0.2) is 11.6 Å². The first kappa shape index (κ1) is 15.3. The standard InChI is InChI=1S/C15H13F4NO/c1-9-3-2-4-13(14(9)16)21-11-5-6-12(15(17,18)19)10(7-11)8-20/h2-7H,8,20H2,1H3. The summed E-state index contributed by atoms with van der Waals surface area (Å²) in [4.78, 5) is 0. The average molecular weight is 299 g/mol. The molecule has 0 radical (unpaired) electrons. The summed E-state index contributed by atoms with van der Waals surface area (Å²) < 4.78 is 57.4. The molecule has 0 unspecified atom stereocenters. The monoisotopic (exact) mass is 299 g/mol. The Kier molecular flexibility index (Phi) is 4.18. The molecule has 0 fully saturated rings. The molecule has 2 nitrogen and oxygen atoms in total. The highest BCUT2D eigenvalue weighted by Crippen LogP contribution is 2.35. The molecular formula is C15H13F4NO. The zero-order valence-corrected chi connectivity index (χ0v) is 11.2. The molecular weight excluding hydrogens is 286 g/mol. The topological polar surface area (TPSA) is 35.2 Å². The van der Waals surface area contributed by atoms with Gasteiger partial charge in [0.1, 0.15) is 5.75 Å². The Hall–Kier alpha value is -2.08. The molecule has 0 spiro atoms. The lowest BCUT2D eigenvalue weighted by Gasteiger charge is -2.14. The lowest BCUT2D eigenvalue weighted by Crippen LogP contribution is -2.11. The van der Waals surface area contributed by atoms with Crippen LogP contribution in [0.3, 0.4) is 0 Å². The van der Waals surface area contributed by atoms with E-state index in [0.29, 0.717) is 5.56 Å². The normalized spacial score (nSPS) is 11.5. The second-order valence-corrected chi connectivity index (χ2v) is 4.51. The van der Waals surface area contributed by atoms with Gasteiger partial charge in [-0.2, -0.15) is 13.2 Å². The highest BCUT2D eigenvalue weighted by Gasteiger charge is 2.33. The van der Waals surface area contributed by atoms with Gasteiger partial charge in [0.2, 0.25) is 0 Å². The molecule has 0 aromatic heterocycles. The maximum atomic E-state index is 13.8. The quantitative estimate of drug-likeness (QED) is 0.852. The molecule has 0 saturated heterocycles. The molecule has 0 heterocycles. The summed E-state index contributed by atoms with van der Waals surface area (Å²) in [6, 6.07) is 7.77. The van der Waals surface area contributed by atoms with E-state index < -0.39 is 17.6 Å². The molecule has 6 heteroatoms. The van der Waals surface area contributed by atoms with E-state index in [4.69, 9.17) is 10.5 Å². The second-order valence-electron chi connectivity index (χ2n) is 4.51. The minimum atomic E-state index is -4.48. The van der Waals surface area contributed by atoms with Gasteiger partial charge in [-0.25, -0.2) is 4.39 Å². The van der Waals surface area contributed by atoms with Crippen LogP contribution in [0, 0.1) is 12.7 Å². The number of alkyl halides is 3. The third-order valence-electron chi connectivity index (χ3n) is 2.99. The Bertz CT molecular complexity index is 653. The zero-order valence-electron chi connectivity index (χ0n) is 11.2. The molecule has 2 rings (SSSR count). The van der Waals surface area contributed by atoms with E-state index >= 15 is 0 Å². The van der Waals surface area contributed by atoms with Crippen molar-refractivity contribution in [2.75, 3.05) is 0 Å². The third kappa shape index (κ3) is 3.33. The molecule has 0 aliphatic rings. The number of hydrogen-bond acceptors (Lipinski definition) is 2. The number of nitrogens with two attached hydrogens (primary N) is 1. The highest BCUT2D eigenvalue weighted by atomic mass is 19.4. The average Bonchev–Trinajstić information content (AvgIpc) is 2.42. The van der Waals surface area contributed by atoms with Gasteiger partial charge in [0.25, 0.3) is 0 Å². The van der Waals surface area contributed by atoms with Crippen molar-refractivity contribution in [3.8, 4) is 11.5 Å². The lowest BCUT2D eigenvalue weighted by molar-refractivity contribution is -0.138. The van der Waals surface area contributed by atoms with Crippen molar-refractivity contribution < 1.29 is 22.3 Å². The molecule has 0 aliphatic carbocycles. The summed E-state index contributed by atoms with van der Waals surface area (Å²) in [5.41, 5.74) is 4.80. The van der Waals surface area contributed by atoms with Crippen LogP contribution in [0.5, 0.6) is 11.5 Å². The number of rotatable bonds is 3. The smallest absolute Gasteiger partial charge is 0.416 e. The van der Waals surface area contributed by atoms with Crippen LogP contribution >= 0.6 is 0 Å². The van der Waals surface area contributed by atoms with Crippen molar-refractivity contribution in [1.82, 2.24) is 0 Å². The first-order chi connectivity index (χ1) is 9.82. The Labute approximate surface area is 119 Å². The van der Waals surface area contributed by atoms with E-state index in [0.717, 1.165) is 12.1 Å². The van der Waals surface area contributed by atoms with Gasteiger partial charge in [0.05, 0.1) is 5.56 Å². The second kappa shape index (κ2) is 5.73. The van der Waals surface area contributed by atoms with Crippen molar-refractivity contribution in [3.63, 3.8) is 0 Å². The number of benzene rings is 2. The summed E-state index contributed by atoms with van der Waals surface area (Å²) >= 11 is 0. The summed E-state index contributed by atoms with van der Waals surface area (Å²) in [6.07, 6.45) is -4.48. The maximum Gasteiger partial charge on any atom is 0.416 e. The molecule has 0 atom stereocenters. The lowest BCUT2D eigenvalue weighted by atomic mass is 10.1. The fourth-order valence-corrected chi connectivity index (χ4v) is 1.91. The van der Waals surface area contributed by atoms with Crippen molar-refractivity contribution in [1.29, 1.82) is 0 Å². The predicted octanol–water partition coefficient (Wildman–Crippen LogP) is 4.40. The van der Waals surface area contributed by atoms with E-state index in [1.165, 1.54) is 12.1 Å². The highest BCUT2D eigenvalue weighted by molar-refractivity contribution is 5.41. The molecule has 21 heavy (non-hydrogen) atoms. The molecule has 0 aliphatic heterocycles. The predicted molar refractivity (Wildman–Crippen MR) is 70.5 cm³/mol. The third-order valence-corrected chi connectivity index (χ3v) is 2.99. The van der Waals surface area contributed by atoms with Crippen LogP contribution in [0.25, 0.3) is 0 Å². The summed E-state index contributed by atoms with van der Waals surface area (Å²) in [5.74, 6) is -0.489. The van der Waals surface area contributed by atoms with Crippen molar-refractivity contribution in [2.45, 2.75) is 19.6 Å². The van der Waals surface area contributed by atoms with Gasteiger partial charge < -0.3 is 10.5 Å². The van der Waals surface area contributed by atoms with Crippen LogP contribution in [0.1, 0.15) is 16.7 Å². The Morgan fingerprint density at radius 1 is 1.14 bits per heavy atom. The van der Waals surface area contributed by atoms with E-state index in [2.05, 4.69) is 0 Å². The largest absolute Gasteiger partial charge is 0.454 e. The van der Waals surface area contributed by atoms with Crippen molar-refractivity contribution in [3.05, 3.63) is 58.9 Å². The van der Waals surface area contributed by atoms with Gasteiger partial charge in [-0.3, -0.25) is 0 Å². The Morgan fingerprint density at radius 3 is 2.48 bits per heavy atom. The summed E-state index contributed by atoms with van der Waals surface area (Å²) in [7, 11) is 0. The van der Waals surface area contributed by atoms with Crippen LogP contribution in [-0.4, -0.2) is 0 Å². The van der Waals surface area contributed by atoms with Gasteiger partial charge in [-0.1, -0.05) is 12.1 Å². The van der Waals surface area contributed by atoms with E-state index in [1.54, 1.807) is 19.1 Å². The molecule has 112 valence electrons. The molecule has 2 aromatic carbocycles. The minimum absolute atomic E-state index is 0.0438. The maximum absolute atomic E-state index is 13.8. The SMILES string of the molecule is Cc1cccc(Oc2ccc(C(F)(F)F)c(CN)c2)c1F. The van der Waals surface area contributed by atoms with E-state index in [-0.39, 0.29) is 23.6 Å². The first-order valence-corrected chi connectivity index (χ1v) is 6.16. The Balaban J connectivity index is 2.36. The molecule has 0 bridgehead atoms. The number of aryl methyl sites for hydroxylation is 1. The zero-order chi connectivity index (χ0) is 15.6. The fraction of sp³-hybridized carbons (Fsp3) is 0.200. The Morgan fingerprint density at radius 2 is 1.86 bits per heavy atom. The van der Waals surface area contributed by atoms with Crippen LogP contribution in [0.2, 0.25) is 0 Å². The molecule has 2 N–H and O–H groups in total. The van der Waals surface area contributed by atoms with Crippen LogP contribution in [0.4, 0.5) is 17.6 Å². The van der Waals surface area contributed by atoms with Crippen LogP contribution in [0.15, 0.2) is 36.4 Å². The van der Waals surface area contributed by atoms with Gasteiger partial charge in [-0.05, 0) is 42.3 Å². The number of halogens is 4. The van der Waals surface area contributed by atoms with Gasteiger partial charge in [0, 0.05) is 6.54 Å². The number of ether oxygens (including phenoxy) is 1. The van der Waals surface area contributed by atoms with Crippen LogP contribution in [-0.2, 0) is 12.7 Å². The van der Waals surface area contributed by atoms with Crippen LogP contribution < -0.4 is 10.5 Å². The van der Waals surface area contributed by atoms with Crippen molar-refractivity contribution in [2.24, 2.45) is 5.73 Å². The van der Waals surface area contributed by atoms with E-state index in [9.17, 15) is 17.6 Å². The van der Waals surface area contributed by atoms with Gasteiger partial charge >= 0.3 is 6.18 Å². The minimum Gasteiger partial charge on any atom is -0.454 e. The molecule has 2 aromatic rings. The number of hydrogen-bond donors (Lipinski definition) is 1. The molecule has 0 saturated carbocycles. The summed E-state index contributed by atoms with van der Waals surface area (Å²) in [6.45, 7) is 1.28.